The highest BCUT2D eigenvalue weighted by Gasteiger charge is 2.38. The smallest absolute Gasteiger partial charge is 0.164 e. The predicted molar refractivity (Wildman–Crippen MR) is 256 cm³/mol. The summed E-state index contributed by atoms with van der Waals surface area (Å²) in [5.74, 6) is 1.89. The van der Waals surface area contributed by atoms with Crippen LogP contribution in [-0.4, -0.2) is 19.5 Å². The Morgan fingerprint density at radius 3 is 1.74 bits per heavy atom. The fourth-order valence-electron chi connectivity index (χ4n) is 10.1. The van der Waals surface area contributed by atoms with Crippen LogP contribution >= 0.6 is 0 Å². The maximum Gasteiger partial charge on any atom is 0.164 e. The Hall–Kier alpha value is -7.37. The van der Waals surface area contributed by atoms with Crippen LogP contribution in [-0.2, 0) is 10.8 Å². The van der Waals surface area contributed by atoms with E-state index < -0.39 is 0 Å². The molecule has 0 saturated heterocycles. The third kappa shape index (κ3) is 5.72. The van der Waals surface area contributed by atoms with Crippen LogP contribution in [0.5, 0.6) is 0 Å². The molecule has 0 amide bonds. The molecule has 62 heavy (non-hydrogen) atoms. The molecule has 0 atom stereocenters. The Balaban J connectivity index is 0.988. The van der Waals surface area contributed by atoms with Crippen LogP contribution in [0.3, 0.4) is 0 Å². The number of para-hydroxylation sites is 2. The summed E-state index contributed by atoms with van der Waals surface area (Å²) < 4.78 is 8.65. The predicted octanol–water partition coefficient (Wildman–Crippen LogP) is 15.0. The molecular weight excluding hydrogens is 757 g/mol. The van der Waals surface area contributed by atoms with Gasteiger partial charge in [0.05, 0.1) is 11.0 Å². The molecule has 0 aliphatic heterocycles. The molecule has 3 aromatic heterocycles. The zero-order chi connectivity index (χ0) is 41.7. The molecule has 3 heterocycles. The van der Waals surface area contributed by atoms with E-state index >= 15 is 0 Å². The van der Waals surface area contributed by atoms with Gasteiger partial charge in [-0.25, -0.2) is 15.0 Å². The van der Waals surface area contributed by atoms with Crippen molar-refractivity contribution in [2.45, 2.75) is 51.4 Å². The standard InChI is InChI=1S/C57H44N4O/c1-56(2)31-32-57(3,4)47-34-49-45(33-46(47)56)42-16-7-9-20-48(42)61(49)39-29-27-38(28-30-39)54-58-53(59-55(60-54)43-19-11-14-35-13-5-6-15-40(35)43)37-25-23-36(24-26-37)41-18-12-22-51-52(41)44-17-8-10-21-50(44)62-51/h5-30,33-34H,31-32H2,1-4H3. The zero-order valence-electron chi connectivity index (χ0n) is 35.3. The van der Waals surface area contributed by atoms with Crippen LogP contribution < -0.4 is 0 Å². The molecule has 1 aliphatic carbocycles. The highest BCUT2D eigenvalue weighted by molar-refractivity contribution is 6.12. The van der Waals surface area contributed by atoms with Crippen molar-refractivity contribution in [3.8, 4) is 51.0 Å². The maximum atomic E-state index is 6.22. The first-order chi connectivity index (χ1) is 30.2. The quantitative estimate of drug-likeness (QED) is 0.174. The largest absolute Gasteiger partial charge is 0.456 e. The molecule has 1 aliphatic rings. The minimum atomic E-state index is 0.103. The molecule has 8 aromatic carbocycles. The summed E-state index contributed by atoms with van der Waals surface area (Å²) in [6, 6.07) is 60.3. The van der Waals surface area contributed by atoms with E-state index in [9.17, 15) is 0 Å². The lowest BCUT2D eigenvalue weighted by Crippen LogP contribution is -2.33. The molecule has 0 saturated carbocycles. The van der Waals surface area contributed by atoms with Crippen LogP contribution in [0.25, 0.3) is 105 Å². The Labute approximate surface area is 360 Å². The Morgan fingerprint density at radius 2 is 0.984 bits per heavy atom. The molecule has 0 bridgehead atoms. The number of fused-ring (bicyclic) bond motifs is 8. The van der Waals surface area contributed by atoms with Gasteiger partial charge < -0.3 is 8.98 Å². The van der Waals surface area contributed by atoms with Gasteiger partial charge in [0.25, 0.3) is 0 Å². The summed E-state index contributed by atoms with van der Waals surface area (Å²) in [4.78, 5) is 15.6. The van der Waals surface area contributed by atoms with E-state index in [1.54, 1.807) is 0 Å². The average molecular weight is 801 g/mol. The topological polar surface area (TPSA) is 56.7 Å². The SMILES string of the molecule is CC1(C)CCC(C)(C)c2cc3c(cc21)c1ccccc1n3-c1ccc(-c2nc(-c3ccc(-c4cccc5oc6ccccc6c45)cc3)nc(-c3cccc4ccccc34)n2)cc1. The Bertz CT molecular complexity index is 3570. The number of furan rings is 1. The van der Waals surface area contributed by atoms with E-state index in [0.29, 0.717) is 17.5 Å². The van der Waals surface area contributed by atoms with Gasteiger partial charge in [0.1, 0.15) is 11.2 Å². The summed E-state index contributed by atoms with van der Waals surface area (Å²) in [7, 11) is 0. The van der Waals surface area contributed by atoms with Crippen LogP contribution in [0.2, 0.25) is 0 Å². The molecule has 0 unspecified atom stereocenters. The van der Waals surface area contributed by atoms with Gasteiger partial charge in [0, 0.05) is 43.9 Å². The minimum absolute atomic E-state index is 0.103. The van der Waals surface area contributed by atoms with Crippen LogP contribution in [0.15, 0.2) is 174 Å². The second-order valence-electron chi connectivity index (χ2n) is 18.3. The summed E-state index contributed by atoms with van der Waals surface area (Å²) in [6.07, 6.45) is 2.36. The van der Waals surface area contributed by atoms with Crippen molar-refractivity contribution in [3.63, 3.8) is 0 Å². The van der Waals surface area contributed by atoms with E-state index in [2.05, 4.69) is 184 Å². The van der Waals surface area contributed by atoms with E-state index in [1.807, 2.05) is 18.2 Å². The zero-order valence-corrected chi connectivity index (χ0v) is 35.3. The lowest BCUT2D eigenvalue weighted by molar-refractivity contribution is 0.332. The normalized spacial score (nSPS) is 14.6. The summed E-state index contributed by atoms with van der Waals surface area (Å²) in [5.41, 5.74) is 13.5. The van der Waals surface area contributed by atoms with E-state index in [4.69, 9.17) is 19.4 Å². The molecule has 5 nitrogen and oxygen atoms in total. The molecule has 12 rings (SSSR count). The maximum absolute atomic E-state index is 6.22. The van der Waals surface area contributed by atoms with Crippen molar-refractivity contribution in [1.82, 2.24) is 19.5 Å². The first-order valence-corrected chi connectivity index (χ1v) is 21.6. The van der Waals surface area contributed by atoms with Crippen molar-refractivity contribution < 1.29 is 4.42 Å². The van der Waals surface area contributed by atoms with Gasteiger partial charge in [0.15, 0.2) is 17.5 Å². The highest BCUT2D eigenvalue weighted by atomic mass is 16.3. The molecule has 0 fully saturated rings. The van der Waals surface area contributed by atoms with Gasteiger partial charge in [-0.3, -0.25) is 0 Å². The van der Waals surface area contributed by atoms with Gasteiger partial charge in [-0.15, -0.1) is 0 Å². The lowest BCUT2D eigenvalue weighted by atomic mass is 9.63. The molecular formula is C57H44N4O. The fourth-order valence-corrected chi connectivity index (χ4v) is 10.1. The Kier molecular flexibility index (Phi) is 7.98. The summed E-state index contributed by atoms with van der Waals surface area (Å²) in [6.45, 7) is 9.62. The number of nitrogens with zero attached hydrogens (tertiary/aromatic N) is 4. The van der Waals surface area contributed by atoms with Crippen molar-refractivity contribution in [2.24, 2.45) is 0 Å². The van der Waals surface area contributed by atoms with Crippen LogP contribution in [0.1, 0.15) is 51.7 Å². The number of benzene rings is 8. The van der Waals surface area contributed by atoms with Gasteiger partial charge in [0.2, 0.25) is 0 Å². The molecule has 5 heteroatoms. The van der Waals surface area contributed by atoms with Gasteiger partial charge in [-0.1, -0.05) is 143 Å². The second kappa shape index (κ2) is 13.6. The average Bonchev–Trinajstić information content (AvgIpc) is 3.86. The van der Waals surface area contributed by atoms with Gasteiger partial charge >= 0.3 is 0 Å². The van der Waals surface area contributed by atoms with Gasteiger partial charge in [-0.2, -0.15) is 0 Å². The number of rotatable bonds is 5. The highest BCUT2D eigenvalue weighted by Crippen LogP contribution is 2.48. The summed E-state index contributed by atoms with van der Waals surface area (Å²) >= 11 is 0. The second-order valence-corrected chi connectivity index (χ2v) is 18.3. The fraction of sp³-hybridized carbons (Fsp3) is 0.140. The Morgan fingerprint density at radius 1 is 0.435 bits per heavy atom. The van der Waals surface area contributed by atoms with Crippen LogP contribution in [0, 0.1) is 0 Å². The van der Waals surface area contributed by atoms with Crippen LogP contribution in [0.4, 0.5) is 0 Å². The monoisotopic (exact) mass is 800 g/mol. The number of hydrogen-bond donors (Lipinski definition) is 0. The lowest BCUT2D eigenvalue weighted by Gasteiger charge is -2.42. The molecule has 298 valence electrons. The third-order valence-corrected chi connectivity index (χ3v) is 13.6. The van der Waals surface area contributed by atoms with E-state index in [-0.39, 0.29) is 10.8 Å². The molecule has 0 N–H and O–H groups in total. The van der Waals surface area contributed by atoms with Gasteiger partial charge in [-0.05, 0) is 111 Å². The van der Waals surface area contributed by atoms with E-state index in [0.717, 1.165) is 66.2 Å². The van der Waals surface area contributed by atoms with Crippen molar-refractivity contribution in [2.75, 3.05) is 0 Å². The number of aromatic nitrogens is 4. The minimum Gasteiger partial charge on any atom is -0.456 e. The molecule has 0 spiro atoms. The van der Waals surface area contributed by atoms with Crippen molar-refractivity contribution >= 4 is 54.5 Å². The first kappa shape index (κ1) is 36.5. The van der Waals surface area contributed by atoms with Crippen molar-refractivity contribution in [1.29, 1.82) is 0 Å². The number of hydrogen-bond acceptors (Lipinski definition) is 4. The van der Waals surface area contributed by atoms with E-state index in [1.165, 1.54) is 45.8 Å². The molecule has 11 aromatic rings. The summed E-state index contributed by atoms with van der Waals surface area (Å²) in [5, 5.41) is 7.05. The third-order valence-electron chi connectivity index (χ3n) is 13.6. The first-order valence-electron chi connectivity index (χ1n) is 21.6. The molecule has 0 radical (unpaired) electrons. The van der Waals surface area contributed by atoms with Crippen molar-refractivity contribution in [3.05, 3.63) is 181 Å².